The van der Waals surface area contributed by atoms with Gasteiger partial charge in [-0.1, -0.05) is 25.8 Å². The highest BCUT2D eigenvalue weighted by Crippen LogP contribution is 2.35. The number of hydrogen-bond donors (Lipinski definition) is 0. The molecule has 1 nitrogen and oxygen atoms in total. The van der Waals surface area contributed by atoms with Crippen molar-refractivity contribution in [3.05, 3.63) is 12.7 Å². The van der Waals surface area contributed by atoms with Crippen molar-refractivity contribution in [3.8, 4) is 0 Å². The van der Waals surface area contributed by atoms with E-state index in [1.54, 1.807) is 0 Å². The van der Waals surface area contributed by atoms with E-state index in [0.717, 1.165) is 12.0 Å². The Hall–Kier alpha value is -0.300. The Labute approximate surface area is 88.2 Å². The number of rotatable bonds is 2. The minimum Gasteiger partial charge on any atom is -0.294 e. The molecule has 0 bridgehead atoms. The molecule has 3 atom stereocenters. The van der Waals surface area contributed by atoms with Crippen LogP contribution in [0.2, 0.25) is 0 Å². The van der Waals surface area contributed by atoms with Crippen LogP contribution in [0.25, 0.3) is 0 Å². The third-order valence-electron chi connectivity index (χ3n) is 4.19. The summed E-state index contributed by atoms with van der Waals surface area (Å²) >= 11 is 0. The van der Waals surface area contributed by atoms with E-state index in [1.165, 1.54) is 45.1 Å². The molecule has 0 saturated carbocycles. The van der Waals surface area contributed by atoms with E-state index < -0.39 is 0 Å². The predicted octanol–water partition coefficient (Wildman–Crippen LogP) is 3.22. The number of fused-ring (bicyclic) bond motifs is 1. The summed E-state index contributed by atoms with van der Waals surface area (Å²) in [6.45, 7) is 7.65. The lowest BCUT2D eigenvalue weighted by Crippen LogP contribution is -2.52. The van der Waals surface area contributed by atoms with Gasteiger partial charge < -0.3 is 0 Å². The van der Waals surface area contributed by atoms with Gasteiger partial charge in [-0.05, 0) is 38.1 Å². The fraction of sp³-hybridized carbons (Fsp3) is 0.846. The van der Waals surface area contributed by atoms with Gasteiger partial charge in [0.15, 0.2) is 0 Å². The molecule has 2 rings (SSSR count). The first-order valence-corrected chi connectivity index (χ1v) is 6.25. The van der Waals surface area contributed by atoms with Crippen LogP contribution in [0.4, 0.5) is 0 Å². The molecule has 0 aliphatic carbocycles. The highest BCUT2D eigenvalue weighted by Gasteiger charge is 2.36. The van der Waals surface area contributed by atoms with Crippen molar-refractivity contribution in [1.29, 1.82) is 0 Å². The molecule has 2 fully saturated rings. The summed E-state index contributed by atoms with van der Waals surface area (Å²) in [6, 6.07) is 1.56. The van der Waals surface area contributed by atoms with Gasteiger partial charge in [-0.3, -0.25) is 4.90 Å². The average Bonchev–Trinajstić information content (AvgIpc) is 2.27. The second kappa shape index (κ2) is 4.48. The lowest BCUT2D eigenvalue weighted by Gasteiger charge is -2.48. The van der Waals surface area contributed by atoms with E-state index in [4.69, 9.17) is 0 Å². The van der Waals surface area contributed by atoms with Crippen molar-refractivity contribution in [2.45, 2.75) is 57.5 Å². The monoisotopic (exact) mass is 193 g/mol. The second-order valence-corrected chi connectivity index (χ2v) is 4.85. The third-order valence-corrected chi connectivity index (χ3v) is 4.19. The van der Waals surface area contributed by atoms with Crippen molar-refractivity contribution in [2.75, 3.05) is 6.54 Å². The summed E-state index contributed by atoms with van der Waals surface area (Å²) in [5.74, 6) is 0.964. The van der Waals surface area contributed by atoms with E-state index in [2.05, 4.69) is 24.5 Å². The van der Waals surface area contributed by atoms with Crippen LogP contribution in [0.3, 0.4) is 0 Å². The van der Waals surface area contributed by atoms with Crippen molar-refractivity contribution in [3.63, 3.8) is 0 Å². The smallest absolute Gasteiger partial charge is 0.0278 e. The van der Waals surface area contributed by atoms with Gasteiger partial charge in [-0.15, -0.1) is 6.58 Å². The minimum absolute atomic E-state index is 0.683. The first kappa shape index (κ1) is 10.2. The molecule has 2 heterocycles. The Balaban J connectivity index is 2.08. The number of piperidine rings is 2. The van der Waals surface area contributed by atoms with Gasteiger partial charge in [0.05, 0.1) is 0 Å². The summed E-state index contributed by atoms with van der Waals surface area (Å²) in [6.07, 6.45) is 10.6. The lowest BCUT2D eigenvalue weighted by atomic mass is 9.79. The van der Waals surface area contributed by atoms with Gasteiger partial charge in [0.1, 0.15) is 0 Å². The van der Waals surface area contributed by atoms with E-state index >= 15 is 0 Å². The zero-order chi connectivity index (χ0) is 9.97. The van der Waals surface area contributed by atoms with Gasteiger partial charge in [-0.25, -0.2) is 0 Å². The molecule has 0 N–H and O–H groups in total. The molecule has 0 aromatic carbocycles. The van der Waals surface area contributed by atoms with Crippen LogP contribution in [-0.4, -0.2) is 23.5 Å². The fourth-order valence-corrected chi connectivity index (χ4v) is 3.37. The zero-order valence-electron chi connectivity index (χ0n) is 9.41. The van der Waals surface area contributed by atoms with Gasteiger partial charge in [0.2, 0.25) is 0 Å². The van der Waals surface area contributed by atoms with Gasteiger partial charge in [0.25, 0.3) is 0 Å². The molecule has 2 saturated heterocycles. The first-order chi connectivity index (χ1) is 6.86. The number of hydrogen-bond acceptors (Lipinski definition) is 1. The van der Waals surface area contributed by atoms with Crippen LogP contribution in [0, 0.1) is 5.92 Å². The maximum absolute atomic E-state index is 3.98. The standard InChI is InChI=1S/C13H23N/c1-3-11-8-9-12(4-2)14-10-6-5-7-13(11)14/h4,11-13H,2-3,5-10H2,1H3/t11-,12-,13+/m1/s1. The molecule has 80 valence electrons. The van der Waals surface area contributed by atoms with Crippen LogP contribution in [0.5, 0.6) is 0 Å². The molecule has 2 aliphatic heterocycles. The minimum atomic E-state index is 0.683. The molecule has 0 aromatic rings. The third kappa shape index (κ3) is 1.75. The van der Waals surface area contributed by atoms with E-state index in [-0.39, 0.29) is 0 Å². The Morgan fingerprint density at radius 3 is 2.86 bits per heavy atom. The van der Waals surface area contributed by atoms with Gasteiger partial charge >= 0.3 is 0 Å². The summed E-state index contributed by atoms with van der Waals surface area (Å²) in [5, 5.41) is 0. The van der Waals surface area contributed by atoms with Crippen LogP contribution in [0.1, 0.15) is 45.4 Å². The van der Waals surface area contributed by atoms with E-state index in [0.29, 0.717) is 6.04 Å². The predicted molar refractivity (Wildman–Crippen MR) is 61.3 cm³/mol. The largest absolute Gasteiger partial charge is 0.294 e. The Kier molecular flexibility index (Phi) is 3.27. The van der Waals surface area contributed by atoms with Crippen molar-refractivity contribution in [2.24, 2.45) is 5.92 Å². The lowest BCUT2D eigenvalue weighted by molar-refractivity contribution is 0.0291. The van der Waals surface area contributed by atoms with Gasteiger partial charge in [0, 0.05) is 12.1 Å². The second-order valence-electron chi connectivity index (χ2n) is 4.85. The quantitative estimate of drug-likeness (QED) is 0.609. The fourth-order valence-electron chi connectivity index (χ4n) is 3.37. The molecule has 14 heavy (non-hydrogen) atoms. The maximum atomic E-state index is 3.98. The molecule has 1 heteroatoms. The SMILES string of the molecule is C=C[C@@H]1CC[C@@H](CC)[C@@H]2CCCCN12. The molecular weight excluding hydrogens is 170 g/mol. The van der Waals surface area contributed by atoms with Crippen LogP contribution in [0.15, 0.2) is 12.7 Å². The summed E-state index contributed by atoms with van der Waals surface area (Å²) < 4.78 is 0. The highest BCUT2D eigenvalue weighted by molar-refractivity contribution is 4.98. The summed E-state index contributed by atoms with van der Waals surface area (Å²) in [7, 11) is 0. The van der Waals surface area contributed by atoms with Crippen LogP contribution < -0.4 is 0 Å². The van der Waals surface area contributed by atoms with Crippen molar-refractivity contribution >= 4 is 0 Å². The average molecular weight is 193 g/mol. The van der Waals surface area contributed by atoms with E-state index in [9.17, 15) is 0 Å². The topological polar surface area (TPSA) is 3.24 Å². The summed E-state index contributed by atoms with van der Waals surface area (Å²) in [4.78, 5) is 2.73. The molecule has 2 aliphatic rings. The summed E-state index contributed by atoms with van der Waals surface area (Å²) in [5.41, 5.74) is 0. The molecule has 0 radical (unpaired) electrons. The first-order valence-electron chi connectivity index (χ1n) is 6.25. The Morgan fingerprint density at radius 1 is 1.29 bits per heavy atom. The van der Waals surface area contributed by atoms with Crippen molar-refractivity contribution < 1.29 is 0 Å². The Morgan fingerprint density at radius 2 is 2.14 bits per heavy atom. The van der Waals surface area contributed by atoms with Crippen molar-refractivity contribution in [1.82, 2.24) is 4.90 Å². The highest BCUT2D eigenvalue weighted by atomic mass is 15.2. The van der Waals surface area contributed by atoms with Crippen LogP contribution in [-0.2, 0) is 0 Å². The number of nitrogens with zero attached hydrogens (tertiary/aromatic N) is 1. The molecule has 0 aromatic heterocycles. The molecule has 0 amide bonds. The van der Waals surface area contributed by atoms with Crippen LogP contribution >= 0.6 is 0 Å². The van der Waals surface area contributed by atoms with E-state index in [1.807, 2.05) is 0 Å². The maximum Gasteiger partial charge on any atom is 0.0278 e. The molecule has 0 spiro atoms. The normalized spacial score (nSPS) is 39.1. The zero-order valence-corrected chi connectivity index (χ0v) is 9.41. The van der Waals surface area contributed by atoms with Gasteiger partial charge in [-0.2, -0.15) is 0 Å². The molecular formula is C13H23N. The Bertz CT molecular complexity index is 199. The molecule has 0 unspecified atom stereocenters.